The Balaban J connectivity index is 0. The average molecular weight is 398 g/mol. The molecule has 1 aliphatic carbocycles. The van der Waals surface area contributed by atoms with Gasteiger partial charge in [-0.1, -0.05) is 25.7 Å². The molecule has 4 N–H and O–H groups in total. The van der Waals surface area contributed by atoms with Crippen LogP contribution in [0, 0.1) is 5.92 Å². The van der Waals surface area contributed by atoms with E-state index >= 15 is 0 Å². The number of allylic oxidation sites excluding steroid dienone is 2. The summed E-state index contributed by atoms with van der Waals surface area (Å²) in [6.45, 7) is 6.30. The van der Waals surface area contributed by atoms with Crippen molar-refractivity contribution in [1.82, 2.24) is 5.32 Å². The summed E-state index contributed by atoms with van der Waals surface area (Å²) >= 11 is 0. The standard InChI is InChI=1S/C12H13NO5.C3H8O3S.Na/c1-3-9(14)13-12(2)7(10(15)16)5-4-6-8(12)11(17)18;1-2-3-7(4,5)6;/h3-7H,1H2,2H3,(H,13,14)(H,15,16)(H,17,18);2-3H2,1H3,(H,4,5,6);. The van der Waals surface area contributed by atoms with Gasteiger partial charge in [0.05, 0.1) is 16.9 Å². The zero-order valence-electron chi connectivity index (χ0n) is 14.8. The molecule has 2 atom stereocenters. The molecule has 0 saturated carbocycles. The van der Waals surface area contributed by atoms with Gasteiger partial charge in [0.15, 0.2) is 0 Å². The van der Waals surface area contributed by atoms with E-state index in [2.05, 4.69) is 11.9 Å². The smallest absolute Gasteiger partial charge is 0.333 e. The van der Waals surface area contributed by atoms with E-state index in [-0.39, 0.29) is 40.9 Å². The maximum atomic E-state index is 11.4. The molecule has 0 bridgehead atoms. The van der Waals surface area contributed by atoms with Gasteiger partial charge in [0.1, 0.15) is 5.92 Å². The van der Waals surface area contributed by atoms with Crippen LogP contribution in [-0.2, 0) is 24.5 Å². The van der Waals surface area contributed by atoms with Crippen LogP contribution in [0.3, 0.4) is 0 Å². The van der Waals surface area contributed by atoms with Gasteiger partial charge in [-0.3, -0.25) is 14.1 Å². The fraction of sp³-hybridized carbons (Fsp3) is 0.400. The van der Waals surface area contributed by atoms with Gasteiger partial charge in [0, 0.05) is 29.6 Å². The van der Waals surface area contributed by atoms with Crippen LogP contribution in [0.4, 0.5) is 0 Å². The minimum Gasteiger partial charge on any atom is -0.481 e. The summed E-state index contributed by atoms with van der Waals surface area (Å²) in [4.78, 5) is 33.7. The summed E-state index contributed by atoms with van der Waals surface area (Å²) < 4.78 is 27.6. The molecule has 0 aromatic carbocycles. The first-order chi connectivity index (χ1) is 11.4. The van der Waals surface area contributed by atoms with Crippen LogP contribution >= 0.6 is 0 Å². The summed E-state index contributed by atoms with van der Waals surface area (Å²) in [5.41, 5.74) is -1.70. The van der Waals surface area contributed by atoms with Crippen molar-refractivity contribution in [3.05, 3.63) is 36.5 Å². The van der Waals surface area contributed by atoms with Crippen molar-refractivity contribution >= 4 is 57.5 Å². The minimum atomic E-state index is -3.67. The molecule has 1 radical (unpaired) electrons. The van der Waals surface area contributed by atoms with E-state index < -0.39 is 39.4 Å². The second-order valence-corrected chi connectivity index (χ2v) is 6.84. The molecule has 1 rings (SSSR count). The second-order valence-electron chi connectivity index (χ2n) is 5.27. The van der Waals surface area contributed by atoms with Crippen LogP contribution in [0.15, 0.2) is 36.5 Å². The molecule has 11 heteroatoms. The number of carbonyl (C=O) groups excluding carboxylic acids is 1. The first-order valence-corrected chi connectivity index (χ1v) is 8.74. The first-order valence-electron chi connectivity index (χ1n) is 7.13. The van der Waals surface area contributed by atoms with Crippen LogP contribution in [0.2, 0.25) is 0 Å². The van der Waals surface area contributed by atoms with E-state index in [4.69, 9.17) is 14.8 Å². The molecule has 2 unspecified atom stereocenters. The Kier molecular flexibility index (Phi) is 11.6. The molecule has 0 saturated heterocycles. The number of aliphatic carboxylic acids is 2. The summed E-state index contributed by atoms with van der Waals surface area (Å²) in [6.07, 6.45) is 5.38. The molecule has 0 aromatic heterocycles. The topological polar surface area (TPSA) is 158 Å². The van der Waals surface area contributed by atoms with Gasteiger partial charge in [-0.25, -0.2) is 4.79 Å². The van der Waals surface area contributed by atoms with E-state index in [1.807, 2.05) is 0 Å². The van der Waals surface area contributed by atoms with Crippen LogP contribution in [0.5, 0.6) is 0 Å². The number of hydrogen-bond acceptors (Lipinski definition) is 5. The number of carboxylic acids is 2. The number of carboxylic acid groups (broad SMARTS) is 2. The third-order valence-corrected chi connectivity index (χ3v) is 4.20. The fourth-order valence-electron chi connectivity index (χ4n) is 2.13. The van der Waals surface area contributed by atoms with Crippen molar-refractivity contribution < 1.29 is 37.6 Å². The van der Waals surface area contributed by atoms with Gasteiger partial charge in [0.2, 0.25) is 5.91 Å². The zero-order valence-corrected chi connectivity index (χ0v) is 17.6. The Labute approximate surface area is 173 Å². The Morgan fingerprint density at radius 2 is 1.88 bits per heavy atom. The summed E-state index contributed by atoms with van der Waals surface area (Å²) in [6, 6.07) is 0. The normalized spacial score (nSPS) is 21.2. The van der Waals surface area contributed by atoms with Crippen molar-refractivity contribution in [3.63, 3.8) is 0 Å². The summed E-state index contributed by atoms with van der Waals surface area (Å²) in [5.74, 6) is -4.42. The Bertz CT molecular complexity index is 713. The SMILES string of the molecule is C=CC(=O)NC1(C)C(C(=O)O)=CC=CC1C(=O)O.CCCS(=O)(=O)O.[Na]. The molecule has 1 aliphatic rings. The van der Waals surface area contributed by atoms with Gasteiger partial charge >= 0.3 is 11.9 Å². The molecule has 9 nitrogen and oxygen atoms in total. The predicted octanol–water partition coefficient (Wildman–Crippen LogP) is 0.232. The van der Waals surface area contributed by atoms with Crippen LogP contribution in [0.25, 0.3) is 0 Å². The van der Waals surface area contributed by atoms with Crippen LogP contribution in [0.1, 0.15) is 20.3 Å². The largest absolute Gasteiger partial charge is 0.481 e. The second kappa shape index (κ2) is 11.3. The number of carbonyl (C=O) groups is 3. The van der Waals surface area contributed by atoms with E-state index in [1.54, 1.807) is 6.92 Å². The maximum absolute atomic E-state index is 11.4. The van der Waals surface area contributed by atoms with E-state index in [1.165, 1.54) is 25.2 Å². The monoisotopic (exact) mass is 398 g/mol. The van der Waals surface area contributed by atoms with Crippen molar-refractivity contribution in [2.24, 2.45) is 5.92 Å². The maximum Gasteiger partial charge on any atom is 0.333 e. The first kappa shape index (κ1) is 26.8. The average Bonchev–Trinajstić information content (AvgIpc) is 2.45. The molecular formula is C15H21NNaO8S. The third kappa shape index (κ3) is 8.28. The minimum absolute atomic E-state index is 0. The predicted molar refractivity (Wildman–Crippen MR) is 95.2 cm³/mol. The molecule has 0 spiro atoms. The molecule has 0 heterocycles. The summed E-state index contributed by atoms with van der Waals surface area (Å²) in [5, 5.41) is 20.6. The Morgan fingerprint density at radius 3 is 2.19 bits per heavy atom. The molecule has 0 aromatic rings. The van der Waals surface area contributed by atoms with Crippen molar-refractivity contribution in [3.8, 4) is 0 Å². The molecular weight excluding hydrogens is 377 g/mol. The van der Waals surface area contributed by atoms with E-state index in [9.17, 15) is 22.8 Å². The molecule has 141 valence electrons. The van der Waals surface area contributed by atoms with Gasteiger partial charge < -0.3 is 15.5 Å². The van der Waals surface area contributed by atoms with Crippen molar-refractivity contribution in [1.29, 1.82) is 0 Å². The van der Waals surface area contributed by atoms with Crippen LogP contribution < -0.4 is 5.32 Å². The van der Waals surface area contributed by atoms with E-state index in [0.29, 0.717) is 6.42 Å². The number of amides is 1. The molecule has 0 aliphatic heterocycles. The summed E-state index contributed by atoms with van der Waals surface area (Å²) in [7, 11) is -3.67. The number of hydrogen-bond donors (Lipinski definition) is 4. The molecule has 0 fully saturated rings. The van der Waals surface area contributed by atoms with Gasteiger partial charge in [-0.15, -0.1) is 0 Å². The Morgan fingerprint density at radius 1 is 1.35 bits per heavy atom. The van der Waals surface area contributed by atoms with Gasteiger partial charge in [0.25, 0.3) is 10.1 Å². The van der Waals surface area contributed by atoms with Crippen LogP contribution in [-0.4, -0.2) is 81.9 Å². The molecule has 26 heavy (non-hydrogen) atoms. The Hall–Kier alpha value is -1.46. The van der Waals surface area contributed by atoms with E-state index in [0.717, 1.165) is 6.08 Å². The van der Waals surface area contributed by atoms with Gasteiger partial charge in [-0.2, -0.15) is 8.42 Å². The van der Waals surface area contributed by atoms with Crippen molar-refractivity contribution in [2.45, 2.75) is 25.8 Å². The molecule has 1 amide bonds. The quantitative estimate of drug-likeness (QED) is 0.281. The van der Waals surface area contributed by atoms with Gasteiger partial charge in [-0.05, 0) is 25.5 Å². The zero-order chi connectivity index (χ0) is 19.8. The number of rotatable bonds is 6. The van der Waals surface area contributed by atoms with Crippen molar-refractivity contribution in [2.75, 3.05) is 5.75 Å². The third-order valence-electron chi connectivity index (χ3n) is 3.27. The number of nitrogens with one attached hydrogen (secondary N) is 1. The fourth-order valence-corrected chi connectivity index (χ4v) is 2.64.